The lowest BCUT2D eigenvalue weighted by molar-refractivity contribution is 0.0621. The number of hydrogen-bond donors (Lipinski definition) is 1. The molecular formula is C18H21FN2O4. The van der Waals surface area contributed by atoms with Crippen molar-refractivity contribution >= 4 is 5.91 Å². The Morgan fingerprint density at radius 3 is 2.84 bits per heavy atom. The topological polar surface area (TPSA) is 75.8 Å². The number of carbonyl (C=O) groups excluding carboxylic acids is 1. The lowest BCUT2D eigenvalue weighted by Gasteiger charge is -2.24. The molecule has 134 valence electrons. The molecule has 1 fully saturated rings. The standard InChI is InChI=1S/C18H21FN2O4/c1-11(22)17-15(18(23)21-9-3-4-14(21)10-24-2)16(20-25-17)12-5-7-13(19)8-6-12/h5-8,11,14,22H,3-4,9-10H2,1-2H3. The average molecular weight is 348 g/mol. The molecule has 2 atom stereocenters. The van der Waals surface area contributed by atoms with E-state index in [2.05, 4.69) is 5.16 Å². The molecule has 0 bridgehead atoms. The van der Waals surface area contributed by atoms with Crippen LogP contribution in [0.5, 0.6) is 0 Å². The Bertz CT molecular complexity index is 742. The van der Waals surface area contributed by atoms with Crippen molar-refractivity contribution in [3.8, 4) is 11.3 Å². The first-order chi connectivity index (χ1) is 12.0. The molecule has 25 heavy (non-hydrogen) atoms. The van der Waals surface area contributed by atoms with Crippen molar-refractivity contribution in [3.63, 3.8) is 0 Å². The molecule has 1 saturated heterocycles. The van der Waals surface area contributed by atoms with Crippen LogP contribution in [0.15, 0.2) is 28.8 Å². The van der Waals surface area contributed by atoms with E-state index in [9.17, 15) is 14.3 Å². The van der Waals surface area contributed by atoms with Crippen LogP contribution in [-0.4, -0.2) is 47.4 Å². The van der Waals surface area contributed by atoms with E-state index in [1.807, 2.05) is 0 Å². The largest absolute Gasteiger partial charge is 0.385 e. The van der Waals surface area contributed by atoms with Crippen LogP contribution in [-0.2, 0) is 4.74 Å². The summed E-state index contributed by atoms with van der Waals surface area (Å²) in [4.78, 5) is 14.9. The number of methoxy groups -OCH3 is 1. The van der Waals surface area contributed by atoms with Crippen molar-refractivity contribution in [2.24, 2.45) is 0 Å². The highest BCUT2D eigenvalue weighted by Gasteiger charge is 2.35. The van der Waals surface area contributed by atoms with Crippen molar-refractivity contribution in [3.05, 3.63) is 41.4 Å². The minimum Gasteiger partial charge on any atom is -0.385 e. The number of aliphatic hydroxyl groups excluding tert-OH is 1. The van der Waals surface area contributed by atoms with Crippen molar-refractivity contribution < 1.29 is 23.6 Å². The molecule has 1 aliphatic rings. The molecule has 1 aromatic heterocycles. The second kappa shape index (κ2) is 7.33. The van der Waals surface area contributed by atoms with E-state index < -0.39 is 6.10 Å². The van der Waals surface area contributed by atoms with Gasteiger partial charge in [0.2, 0.25) is 0 Å². The molecule has 7 heteroatoms. The summed E-state index contributed by atoms with van der Waals surface area (Å²) in [6, 6.07) is 5.64. The smallest absolute Gasteiger partial charge is 0.260 e. The van der Waals surface area contributed by atoms with Crippen molar-refractivity contribution in [2.45, 2.75) is 31.9 Å². The first-order valence-corrected chi connectivity index (χ1v) is 8.26. The highest BCUT2D eigenvalue weighted by Crippen LogP contribution is 2.32. The van der Waals surface area contributed by atoms with Gasteiger partial charge in [0, 0.05) is 19.2 Å². The van der Waals surface area contributed by atoms with E-state index in [-0.39, 0.29) is 29.1 Å². The fourth-order valence-electron chi connectivity index (χ4n) is 3.21. The number of halogens is 1. The molecule has 1 amide bonds. The normalized spacial score (nSPS) is 18.6. The van der Waals surface area contributed by atoms with Gasteiger partial charge in [-0.25, -0.2) is 4.39 Å². The van der Waals surface area contributed by atoms with Gasteiger partial charge in [-0.15, -0.1) is 0 Å². The molecule has 2 unspecified atom stereocenters. The maximum Gasteiger partial charge on any atom is 0.260 e. The third-order valence-electron chi connectivity index (χ3n) is 4.43. The van der Waals surface area contributed by atoms with Crippen molar-refractivity contribution in [1.82, 2.24) is 10.1 Å². The van der Waals surface area contributed by atoms with E-state index in [0.717, 1.165) is 12.8 Å². The van der Waals surface area contributed by atoms with Crippen molar-refractivity contribution in [2.75, 3.05) is 20.3 Å². The Kier molecular flexibility index (Phi) is 5.15. The van der Waals surface area contributed by atoms with E-state index in [1.54, 1.807) is 12.0 Å². The molecule has 0 radical (unpaired) electrons. The summed E-state index contributed by atoms with van der Waals surface area (Å²) >= 11 is 0. The third-order valence-corrected chi connectivity index (χ3v) is 4.43. The molecule has 1 N–H and O–H groups in total. The van der Waals surface area contributed by atoms with Gasteiger partial charge in [-0.3, -0.25) is 4.79 Å². The number of carbonyl (C=O) groups is 1. The highest BCUT2D eigenvalue weighted by atomic mass is 19.1. The zero-order chi connectivity index (χ0) is 18.0. The van der Waals surface area contributed by atoms with Crippen LogP contribution in [0.2, 0.25) is 0 Å². The second-order valence-corrected chi connectivity index (χ2v) is 6.20. The zero-order valence-corrected chi connectivity index (χ0v) is 14.2. The molecule has 3 rings (SSSR count). The molecule has 2 aromatic rings. The molecule has 6 nitrogen and oxygen atoms in total. The first-order valence-electron chi connectivity index (χ1n) is 8.26. The predicted octanol–water partition coefficient (Wildman–Crippen LogP) is 2.79. The van der Waals surface area contributed by atoms with Gasteiger partial charge in [-0.05, 0) is 44.0 Å². The van der Waals surface area contributed by atoms with Gasteiger partial charge in [0.05, 0.1) is 12.6 Å². The van der Waals surface area contributed by atoms with Crippen LogP contribution in [0.25, 0.3) is 11.3 Å². The van der Waals surface area contributed by atoms with Crippen LogP contribution in [0.1, 0.15) is 42.0 Å². The number of likely N-dealkylation sites (tertiary alicyclic amines) is 1. The Morgan fingerprint density at radius 2 is 2.20 bits per heavy atom. The number of aliphatic hydroxyl groups is 1. The van der Waals surface area contributed by atoms with Gasteiger partial charge in [0.25, 0.3) is 5.91 Å². The predicted molar refractivity (Wildman–Crippen MR) is 88.5 cm³/mol. The van der Waals surface area contributed by atoms with Gasteiger partial charge in [0.15, 0.2) is 5.76 Å². The maximum atomic E-state index is 13.2. The number of benzene rings is 1. The SMILES string of the molecule is COCC1CCCN1C(=O)c1c(-c2ccc(F)cc2)noc1C(C)O. The zero-order valence-electron chi connectivity index (χ0n) is 14.2. The minimum atomic E-state index is -0.982. The molecule has 2 heterocycles. The number of rotatable bonds is 5. The fourth-order valence-corrected chi connectivity index (χ4v) is 3.21. The molecule has 0 aliphatic carbocycles. The Balaban J connectivity index is 2.02. The Hall–Kier alpha value is -2.25. The van der Waals surface area contributed by atoms with Crippen molar-refractivity contribution in [1.29, 1.82) is 0 Å². The van der Waals surface area contributed by atoms with E-state index in [1.165, 1.54) is 31.2 Å². The third kappa shape index (κ3) is 3.43. The number of nitrogens with zero attached hydrogens (tertiary/aromatic N) is 2. The van der Waals surface area contributed by atoms with Crippen LogP contribution < -0.4 is 0 Å². The lowest BCUT2D eigenvalue weighted by atomic mass is 10.0. The molecule has 1 aromatic carbocycles. The van der Waals surface area contributed by atoms with E-state index in [0.29, 0.717) is 24.4 Å². The number of ether oxygens (including phenoxy) is 1. The van der Waals surface area contributed by atoms with E-state index >= 15 is 0 Å². The summed E-state index contributed by atoms with van der Waals surface area (Å²) in [5.41, 5.74) is 1.09. The number of hydrogen-bond acceptors (Lipinski definition) is 5. The Morgan fingerprint density at radius 1 is 1.48 bits per heavy atom. The van der Waals surface area contributed by atoms with Gasteiger partial charge >= 0.3 is 0 Å². The quantitative estimate of drug-likeness (QED) is 0.899. The lowest BCUT2D eigenvalue weighted by Crippen LogP contribution is -2.38. The van der Waals surface area contributed by atoms with E-state index in [4.69, 9.17) is 9.26 Å². The summed E-state index contributed by atoms with van der Waals surface area (Å²) in [7, 11) is 1.60. The van der Waals surface area contributed by atoms with Gasteiger partial charge < -0.3 is 19.3 Å². The highest BCUT2D eigenvalue weighted by molar-refractivity contribution is 6.01. The summed E-state index contributed by atoms with van der Waals surface area (Å²) in [5, 5.41) is 13.9. The fraction of sp³-hybridized carbons (Fsp3) is 0.444. The average Bonchev–Trinajstić information content (AvgIpc) is 3.22. The van der Waals surface area contributed by atoms with Gasteiger partial charge in [-0.1, -0.05) is 5.16 Å². The summed E-state index contributed by atoms with van der Waals surface area (Å²) in [6.07, 6.45) is 0.769. The van der Waals surface area contributed by atoms with Crippen LogP contribution in [0.3, 0.4) is 0 Å². The van der Waals surface area contributed by atoms with Gasteiger partial charge in [0.1, 0.15) is 23.2 Å². The number of amides is 1. The van der Waals surface area contributed by atoms with Crippen LogP contribution >= 0.6 is 0 Å². The molecule has 1 aliphatic heterocycles. The first kappa shape index (κ1) is 17.6. The maximum absolute atomic E-state index is 13.2. The molecule has 0 saturated carbocycles. The number of aromatic nitrogens is 1. The van der Waals surface area contributed by atoms with Crippen LogP contribution in [0, 0.1) is 5.82 Å². The molecule has 0 spiro atoms. The monoisotopic (exact) mass is 348 g/mol. The van der Waals surface area contributed by atoms with Crippen LogP contribution in [0.4, 0.5) is 4.39 Å². The molecular weight excluding hydrogens is 327 g/mol. The summed E-state index contributed by atoms with van der Waals surface area (Å²) < 4.78 is 23.7. The second-order valence-electron chi connectivity index (χ2n) is 6.20. The summed E-state index contributed by atoms with van der Waals surface area (Å²) in [5.74, 6) is -0.515. The minimum absolute atomic E-state index is 0.0182. The van der Waals surface area contributed by atoms with Gasteiger partial charge in [-0.2, -0.15) is 0 Å². The Labute approximate surface area is 145 Å². The summed E-state index contributed by atoms with van der Waals surface area (Å²) in [6.45, 7) is 2.58.